The van der Waals surface area contributed by atoms with Crippen molar-refractivity contribution in [1.29, 1.82) is 0 Å². The molecule has 1 unspecified atom stereocenters. The van der Waals surface area contributed by atoms with Crippen molar-refractivity contribution < 1.29 is 14.8 Å². The van der Waals surface area contributed by atoms with E-state index in [1.165, 1.54) is 0 Å². The lowest BCUT2D eigenvalue weighted by Crippen LogP contribution is -2.31. The standard InChI is InChI=1S/C15H20N2O3/c1-10(16-14(18)11-5-2-3-6-11)12-7-4-8-13(9-12)15(19)17-20/h4,7-11,20H,2-3,5-6H2,1H3,(H,16,18)(H,17,19). The zero-order valence-electron chi connectivity index (χ0n) is 11.6. The van der Waals surface area contributed by atoms with Gasteiger partial charge in [-0.1, -0.05) is 25.0 Å². The molecular formula is C15H20N2O3. The highest BCUT2D eigenvalue weighted by Crippen LogP contribution is 2.25. The smallest absolute Gasteiger partial charge is 0.274 e. The lowest BCUT2D eigenvalue weighted by atomic mass is 10.0. The van der Waals surface area contributed by atoms with Crippen LogP contribution in [0.5, 0.6) is 0 Å². The number of carbonyl (C=O) groups excluding carboxylic acids is 2. The first-order valence-corrected chi connectivity index (χ1v) is 6.96. The van der Waals surface area contributed by atoms with Crippen molar-refractivity contribution >= 4 is 11.8 Å². The van der Waals surface area contributed by atoms with E-state index in [2.05, 4.69) is 5.32 Å². The van der Waals surface area contributed by atoms with Gasteiger partial charge in [-0.3, -0.25) is 14.8 Å². The molecule has 1 atom stereocenters. The molecule has 5 nitrogen and oxygen atoms in total. The number of carbonyl (C=O) groups is 2. The molecular weight excluding hydrogens is 256 g/mol. The topological polar surface area (TPSA) is 78.4 Å². The van der Waals surface area contributed by atoms with E-state index in [0.717, 1.165) is 31.2 Å². The van der Waals surface area contributed by atoms with E-state index in [4.69, 9.17) is 5.21 Å². The van der Waals surface area contributed by atoms with Gasteiger partial charge in [-0.05, 0) is 37.5 Å². The molecule has 108 valence electrons. The van der Waals surface area contributed by atoms with Gasteiger partial charge in [-0.25, -0.2) is 5.48 Å². The van der Waals surface area contributed by atoms with Crippen molar-refractivity contribution in [2.75, 3.05) is 0 Å². The Morgan fingerprint density at radius 1 is 1.30 bits per heavy atom. The fourth-order valence-corrected chi connectivity index (χ4v) is 2.62. The molecule has 2 rings (SSSR count). The minimum absolute atomic E-state index is 0.0898. The van der Waals surface area contributed by atoms with E-state index in [9.17, 15) is 9.59 Å². The summed E-state index contributed by atoms with van der Waals surface area (Å²) in [6, 6.07) is 6.71. The van der Waals surface area contributed by atoms with Gasteiger partial charge in [0.2, 0.25) is 5.91 Å². The van der Waals surface area contributed by atoms with Gasteiger partial charge in [0.05, 0.1) is 6.04 Å². The van der Waals surface area contributed by atoms with E-state index < -0.39 is 5.91 Å². The maximum absolute atomic E-state index is 12.1. The summed E-state index contributed by atoms with van der Waals surface area (Å²) in [7, 11) is 0. The molecule has 0 spiro atoms. The van der Waals surface area contributed by atoms with E-state index >= 15 is 0 Å². The summed E-state index contributed by atoms with van der Waals surface area (Å²) in [5, 5.41) is 11.6. The second-order valence-electron chi connectivity index (χ2n) is 5.28. The summed E-state index contributed by atoms with van der Waals surface area (Å²) in [5.41, 5.74) is 2.82. The number of hydrogen-bond donors (Lipinski definition) is 3. The molecule has 1 saturated carbocycles. The van der Waals surface area contributed by atoms with Crippen molar-refractivity contribution in [2.45, 2.75) is 38.6 Å². The van der Waals surface area contributed by atoms with Crippen LogP contribution >= 0.6 is 0 Å². The van der Waals surface area contributed by atoms with Crippen LogP contribution in [-0.2, 0) is 4.79 Å². The molecule has 0 heterocycles. The van der Waals surface area contributed by atoms with E-state index in [1.807, 2.05) is 13.0 Å². The number of benzene rings is 1. The molecule has 0 aliphatic heterocycles. The first-order valence-electron chi connectivity index (χ1n) is 6.96. The molecule has 1 fully saturated rings. The summed E-state index contributed by atoms with van der Waals surface area (Å²) < 4.78 is 0. The van der Waals surface area contributed by atoms with Gasteiger partial charge in [0.1, 0.15) is 0 Å². The molecule has 2 amide bonds. The fraction of sp³-hybridized carbons (Fsp3) is 0.467. The molecule has 5 heteroatoms. The third-order valence-electron chi connectivity index (χ3n) is 3.84. The zero-order valence-corrected chi connectivity index (χ0v) is 11.6. The van der Waals surface area contributed by atoms with Crippen molar-refractivity contribution in [2.24, 2.45) is 5.92 Å². The number of rotatable bonds is 4. The van der Waals surface area contributed by atoms with Gasteiger partial charge in [-0.2, -0.15) is 0 Å². The van der Waals surface area contributed by atoms with E-state index in [1.54, 1.807) is 23.7 Å². The molecule has 0 bridgehead atoms. The lowest BCUT2D eigenvalue weighted by molar-refractivity contribution is -0.125. The quantitative estimate of drug-likeness (QED) is 0.582. The van der Waals surface area contributed by atoms with E-state index in [0.29, 0.717) is 5.56 Å². The van der Waals surface area contributed by atoms with Crippen LogP contribution in [0.1, 0.15) is 54.6 Å². The van der Waals surface area contributed by atoms with Crippen molar-refractivity contribution in [3.8, 4) is 0 Å². The SMILES string of the molecule is CC(NC(=O)C1CCCC1)c1cccc(C(=O)NO)c1. The lowest BCUT2D eigenvalue weighted by Gasteiger charge is -2.17. The van der Waals surface area contributed by atoms with Gasteiger partial charge >= 0.3 is 0 Å². The molecule has 1 aliphatic rings. The third-order valence-corrected chi connectivity index (χ3v) is 3.84. The van der Waals surface area contributed by atoms with Crippen LogP contribution in [0.3, 0.4) is 0 Å². The van der Waals surface area contributed by atoms with Crippen molar-refractivity contribution in [3.63, 3.8) is 0 Å². The Kier molecular flexibility index (Phi) is 4.74. The summed E-state index contributed by atoms with van der Waals surface area (Å²) in [6.07, 6.45) is 4.17. The first kappa shape index (κ1) is 14.5. The van der Waals surface area contributed by atoms with E-state index in [-0.39, 0.29) is 17.9 Å². The highest BCUT2D eigenvalue weighted by Gasteiger charge is 2.24. The fourth-order valence-electron chi connectivity index (χ4n) is 2.62. The Morgan fingerprint density at radius 3 is 2.65 bits per heavy atom. The van der Waals surface area contributed by atoms with Gasteiger partial charge in [0.15, 0.2) is 0 Å². The molecule has 3 N–H and O–H groups in total. The molecule has 1 aromatic carbocycles. The summed E-state index contributed by atoms with van der Waals surface area (Å²) in [5.74, 6) is -0.338. The van der Waals surface area contributed by atoms with Gasteiger partial charge in [0.25, 0.3) is 5.91 Å². The van der Waals surface area contributed by atoms with Gasteiger partial charge in [-0.15, -0.1) is 0 Å². The highest BCUT2D eigenvalue weighted by molar-refractivity contribution is 5.93. The van der Waals surface area contributed by atoms with Crippen LogP contribution in [0.25, 0.3) is 0 Å². The summed E-state index contributed by atoms with van der Waals surface area (Å²) >= 11 is 0. The van der Waals surface area contributed by atoms with Crippen LogP contribution in [0.4, 0.5) is 0 Å². The molecule has 0 aromatic heterocycles. The Labute approximate surface area is 118 Å². The normalized spacial score (nSPS) is 16.7. The number of amides is 2. The maximum atomic E-state index is 12.1. The maximum Gasteiger partial charge on any atom is 0.274 e. The zero-order chi connectivity index (χ0) is 14.5. The molecule has 1 aliphatic carbocycles. The highest BCUT2D eigenvalue weighted by atomic mass is 16.5. The van der Waals surface area contributed by atoms with Crippen LogP contribution in [0, 0.1) is 5.92 Å². The molecule has 1 aromatic rings. The van der Waals surface area contributed by atoms with Crippen LogP contribution in [-0.4, -0.2) is 17.0 Å². The Hall–Kier alpha value is -1.88. The second-order valence-corrected chi connectivity index (χ2v) is 5.28. The van der Waals surface area contributed by atoms with Crippen LogP contribution < -0.4 is 10.8 Å². The third kappa shape index (κ3) is 3.36. The van der Waals surface area contributed by atoms with Crippen molar-refractivity contribution in [1.82, 2.24) is 10.8 Å². The Balaban J connectivity index is 2.03. The molecule has 20 heavy (non-hydrogen) atoms. The largest absolute Gasteiger partial charge is 0.349 e. The Morgan fingerprint density at radius 2 is 2.00 bits per heavy atom. The number of hydrogen-bond acceptors (Lipinski definition) is 3. The first-order chi connectivity index (χ1) is 9.61. The summed E-state index contributed by atoms with van der Waals surface area (Å²) in [6.45, 7) is 1.89. The monoisotopic (exact) mass is 276 g/mol. The predicted molar refractivity (Wildman–Crippen MR) is 74.2 cm³/mol. The minimum atomic E-state index is -0.554. The van der Waals surface area contributed by atoms with Gasteiger partial charge in [0, 0.05) is 11.5 Å². The average Bonchev–Trinajstić information content (AvgIpc) is 3.00. The molecule has 0 saturated heterocycles. The van der Waals surface area contributed by atoms with Gasteiger partial charge < -0.3 is 5.32 Å². The number of nitrogens with one attached hydrogen (secondary N) is 2. The second kappa shape index (κ2) is 6.52. The predicted octanol–water partition coefficient (Wildman–Crippen LogP) is 2.17. The number of hydroxylamine groups is 1. The van der Waals surface area contributed by atoms with Crippen LogP contribution in [0.2, 0.25) is 0 Å². The summed E-state index contributed by atoms with van der Waals surface area (Å²) in [4.78, 5) is 23.4. The average molecular weight is 276 g/mol. The Bertz CT molecular complexity index is 496. The van der Waals surface area contributed by atoms with Crippen molar-refractivity contribution in [3.05, 3.63) is 35.4 Å². The minimum Gasteiger partial charge on any atom is -0.349 e. The molecule has 0 radical (unpaired) electrons. The van der Waals surface area contributed by atoms with Crippen LogP contribution in [0.15, 0.2) is 24.3 Å².